The van der Waals surface area contributed by atoms with Crippen molar-refractivity contribution in [2.24, 2.45) is 0 Å². The van der Waals surface area contributed by atoms with Crippen molar-refractivity contribution in [1.82, 2.24) is 0 Å². The monoisotopic (exact) mass is 277 g/mol. The number of benzene rings is 1. The molecule has 1 amide bonds. The van der Waals surface area contributed by atoms with Crippen LogP contribution < -0.4 is 10.1 Å². The van der Waals surface area contributed by atoms with Gasteiger partial charge in [0.2, 0.25) is 0 Å². The molecule has 1 fully saturated rings. The molecule has 0 atom stereocenters. The minimum atomic E-state index is -0.632. The zero-order chi connectivity index (χ0) is 14.4. The summed E-state index contributed by atoms with van der Waals surface area (Å²) in [6.07, 6.45) is 3.72. The van der Waals surface area contributed by atoms with Gasteiger partial charge in [0.1, 0.15) is 11.4 Å². The molecule has 0 aliphatic heterocycles. The van der Waals surface area contributed by atoms with Crippen LogP contribution in [-0.2, 0) is 9.53 Å². The molecule has 1 aliphatic rings. The van der Waals surface area contributed by atoms with Crippen LogP contribution in [0.2, 0.25) is 0 Å². The van der Waals surface area contributed by atoms with Crippen molar-refractivity contribution in [3.63, 3.8) is 0 Å². The maximum Gasteiger partial charge on any atom is 0.256 e. The van der Waals surface area contributed by atoms with Crippen LogP contribution in [0.1, 0.15) is 39.5 Å². The number of ether oxygens (including phenoxy) is 2. The Bertz CT molecular complexity index is 436. The van der Waals surface area contributed by atoms with Gasteiger partial charge in [0.25, 0.3) is 5.91 Å². The number of amides is 1. The van der Waals surface area contributed by atoms with Gasteiger partial charge in [-0.2, -0.15) is 0 Å². The maximum atomic E-state index is 12.5. The molecule has 2 rings (SSSR count). The molecule has 1 aromatic rings. The molecule has 0 saturated heterocycles. The van der Waals surface area contributed by atoms with Crippen molar-refractivity contribution in [2.45, 2.75) is 45.1 Å². The Labute approximate surface area is 120 Å². The van der Waals surface area contributed by atoms with Crippen molar-refractivity contribution in [3.05, 3.63) is 24.3 Å². The van der Waals surface area contributed by atoms with Crippen LogP contribution in [-0.4, -0.2) is 24.7 Å². The largest absolute Gasteiger partial charge is 0.494 e. The summed E-state index contributed by atoms with van der Waals surface area (Å²) in [4.78, 5) is 12.5. The van der Waals surface area contributed by atoms with Crippen LogP contribution in [0.3, 0.4) is 0 Å². The zero-order valence-electron chi connectivity index (χ0n) is 12.3. The highest BCUT2D eigenvalue weighted by atomic mass is 16.5. The number of carbonyl (C=O) groups excluding carboxylic acids is 1. The van der Waals surface area contributed by atoms with E-state index in [1.54, 1.807) is 0 Å². The van der Waals surface area contributed by atoms with Crippen LogP contribution in [0, 0.1) is 0 Å². The van der Waals surface area contributed by atoms with Crippen molar-refractivity contribution in [1.29, 1.82) is 0 Å². The summed E-state index contributed by atoms with van der Waals surface area (Å²) in [7, 11) is 0. The summed E-state index contributed by atoms with van der Waals surface area (Å²) in [6.45, 7) is 5.09. The summed E-state index contributed by atoms with van der Waals surface area (Å²) in [5.74, 6) is 0.784. The minimum absolute atomic E-state index is 0.0268. The fourth-order valence-electron chi connectivity index (χ4n) is 2.71. The maximum absolute atomic E-state index is 12.5. The second kappa shape index (κ2) is 6.75. The SMILES string of the molecule is CCOc1ccc(NC(=O)C2(OCC)CCCC2)cc1. The molecule has 1 saturated carbocycles. The predicted octanol–water partition coefficient (Wildman–Crippen LogP) is 3.37. The average Bonchev–Trinajstić information content (AvgIpc) is 2.92. The van der Waals surface area contributed by atoms with E-state index in [0.29, 0.717) is 13.2 Å². The summed E-state index contributed by atoms with van der Waals surface area (Å²) >= 11 is 0. The molecule has 0 aromatic heterocycles. The molecule has 110 valence electrons. The van der Waals surface area contributed by atoms with Crippen molar-refractivity contribution in [3.8, 4) is 5.75 Å². The van der Waals surface area contributed by atoms with Gasteiger partial charge < -0.3 is 14.8 Å². The smallest absolute Gasteiger partial charge is 0.256 e. The number of nitrogens with one attached hydrogen (secondary N) is 1. The van der Waals surface area contributed by atoms with Gasteiger partial charge in [0.15, 0.2) is 0 Å². The van der Waals surface area contributed by atoms with Gasteiger partial charge in [-0.3, -0.25) is 4.79 Å². The lowest BCUT2D eigenvalue weighted by Crippen LogP contribution is -2.43. The van der Waals surface area contributed by atoms with Crippen LogP contribution in [0.15, 0.2) is 24.3 Å². The summed E-state index contributed by atoms with van der Waals surface area (Å²) in [6, 6.07) is 7.44. The number of carbonyl (C=O) groups is 1. The Kier molecular flexibility index (Phi) is 5.01. The van der Waals surface area contributed by atoms with E-state index in [0.717, 1.165) is 37.1 Å². The Morgan fingerprint density at radius 1 is 1.15 bits per heavy atom. The normalized spacial score (nSPS) is 16.9. The second-order valence-electron chi connectivity index (χ2n) is 5.05. The van der Waals surface area contributed by atoms with Crippen molar-refractivity contribution in [2.75, 3.05) is 18.5 Å². The lowest BCUT2D eigenvalue weighted by Gasteiger charge is -2.27. The number of hydrogen-bond donors (Lipinski definition) is 1. The molecule has 0 unspecified atom stereocenters. The van der Waals surface area contributed by atoms with E-state index >= 15 is 0 Å². The third-order valence-corrected chi connectivity index (χ3v) is 3.67. The van der Waals surface area contributed by atoms with Crippen LogP contribution in [0.4, 0.5) is 5.69 Å². The Balaban J connectivity index is 2.02. The topological polar surface area (TPSA) is 47.6 Å². The highest BCUT2D eigenvalue weighted by Crippen LogP contribution is 2.34. The third kappa shape index (κ3) is 3.31. The second-order valence-corrected chi connectivity index (χ2v) is 5.05. The number of rotatable bonds is 6. The summed E-state index contributed by atoms with van der Waals surface area (Å²) < 4.78 is 11.1. The van der Waals surface area contributed by atoms with Crippen LogP contribution in [0.25, 0.3) is 0 Å². The van der Waals surface area contributed by atoms with Gasteiger partial charge in [0.05, 0.1) is 6.61 Å². The molecule has 20 heavy (non-hydrogen) atoms. The molecule has 4 heteroatoms. The van der Waals surface area contributed by atoms with E-state index < -0.39 is 5.60 Å². The van der Waals surface area contributed by atoms with Gasteiger partial charge in [0, 0.05) is 12.3 Å². The van der Waals surface area contributed by atoms with Gasteiger partial charge >= 0.3 is 0 Å². The Morgan fingerprint density at radius 2 is 1.80 bits per heavy atom. The molecule has 1 aliphatic carbocycles. The number of hydrogen-bond acceptors (Lipinski definition) is 3. The van der Waals surface area contributed by atoms with Gasteiger partial charge in [-0.25, -0.2) is 0 Å². The van der Waals surface area contributed by atoms with E-state index in [1.165, 1.54) is 0 Å². The molecular formula is C16H23NO3. The van der Waals surface area contributed by atoms with Gasteiger partial charge in [-0.05, 0) is 63.8 Å². The lowest BCUT2D eigenvalue weighted by atomic mass is 10.0. The van der Waals surface area contributed by atoms with E-state index in [-0.39, 0.29) is 5.91 Å². The lowest BCUT2D eigenvalue weighted by molar-refractivity contribution is -0.140. The van der Waals surface area contributed by atoms with Gasteiger partial charge in [-0.1, -0.05) is 0 Å². The van der Waals surface area contributed by atoms with Gasteiger partial charge in [-0.15, -0.1) is 0 Å². The first-order chi connectivity index (χ1) is 9.70. The van der Waals surface area contributed by atoms with Crippen molar-refractivity contribution >= 4 is 11.6 Å². The summed E-state index contributed by atoms with van der Waals surface area (Å²) in [5, 5.41) is 2.96. The van der Waals surface area contributed by atoms with E-state index in [1.807, 2.05) is 38.1 Å². The molecule has 4 nitrogen and oxygen atoms in total. The van der Waals surface area contributed by atoms with Crippen molar-refractivity contribution < 1.29 is 14.3 Å². The number of anilines is 1. The van der Waals surface area contributed by atoms with Crippen LogP contribution in [0.5, 0.6) is 5.75 Å². The van der Waals surface area contributed by atoms with E-state index in [4.69, 9.17) is 9.47 Å². The predicted molar refractivity (Wildman–Crippen MR) is 79.1 cm³/mol. The molecule has 1 aromatic carbocycles. The fourth-order valence-corrected chi connectivity index (χ4v) is 2.71. The zero-order valence-corrected chi connectivity index (χ0v) is 12.3. The Hall–Kier alpha value is -1.55. The van der Waals surface area contributed by atoms with E-state index in [2.05, 4.69) is 5.32 Å². The third-order valence-electron chi connectivity index (χ3n) is 3.67. The first kappa shape index (κ1) is 14.9. The average molecular weight is 277 g/mol. The molecule has 1 N–H and O–H groups in total. The molecule has 0 bridgehead atoms. The fraction of sp³-hybridized carbons (Fsp3) is 0.562. The molecule has 0 spiro atoms. The molecular weight excluding hydrogens is 254 g/mol. The Morgan fingerprint density at radius 3 is 2.35 bits per heavy atom. The highest BCUT2D eigenvalue weighted by molar-refractivity contribution is 5.97. The first-order valence-electron chi connectivity index (χ1n) is 7.38. The highest BCUT2D eigenvalue weighted by Gasteiger charge is 2.41. The van der Waals surface area contributed by atoms with Crippen LogP contribution >= 0.6 is 0 Å². The minimum Gasteiger partial charge on any atom is -0.494 e. The first-order valence-corrected chi connectivity index (χ1v) is 7.38. The standard InChI is InChI=1S/C16H23NO3/c1-3-19-14-9-7-13(8-10-14)17-15(18)16(20-4-2)11-5-6-12-16/h7-10H,3-6,11-12H2,1-2H3,(H,17,18). The molecule has 0 radical (unpaired) electrons. The quantitative estimate of drug-likeness (QED) is 0.867. The van der Waals surface area contributed by atoms with E-state index in [9.17, 15) is 4.79 Å². The molecule has 0 heterocycles. The summed E-state index contributed by atoms with van der Waals surface area (Å²) in [5.41, 5.74) is 0.150.